The van der Waals surface area contributed by atoms with E-state index >= 15 is 0 Å². The number of carbonyl (C=O) groups is 1. The van der Waals surface area contributed by atoms with Crippen LogP contribution >= 0.6 is 0 Å². The van der Waals surface area contributed by atoms with Gasteiger partial charge >= 0.3 is 5.97 Å². The fraction of sp³-hybridized carbons (Fsp3) is 0.562. The van der Waals surface area contributed by atoms with Crippen LogP contribution in [0.2, 0.25) is 0 Å². The summed E-state index contributed by atoms with van der Waals surface area (Å²) in [6.45, 7) is 1.58. The van der Waals surface area contributed by atoms with Crippen LogP contribution in [0.4, 0.5) is 5.82 Å². The molecule has 2 aliphatic rings. The summed E-state index contributed by atoms with van der Waals surface area (Å²) in [5.41, 5.74) is 3.01. The minimum absolute atomic E-state index is 0.247. The van der Waals surface area contributed by atoms with E-state index in [2.05, 4.69) is 11.0 Å². The number of carboxylic acid groups (broad SMARTS) is 1. The molecule has 0 atom stereocenters. The maximum atomic E-state index is 10.8. The Labute approximate surface area is 124 Å². The molecule has 1 fully saturated rings. The molecule has 2 heterocycles. The van der Waals surface area contributed by atoms with Crippen LogP contribution in [0, 0.1) is 17.2 Å². The minimum atomic E-state index is -0.721. The lowest BCUT2D eigenvalue weighted by molar-refractivity contribution is -0.138. The zero-order valence-corrected chi connectivity index (χ0v) is 12.0. The second-order valence-electron chi connectivity index (χ2n) is 5.96. The molecule has 0 aromatic carbocycles. The van der Waals surface area contributed by atoms with E-state index in [0.717, 1.165) is 56.7 Å². The Kier molecular flexibility index (Phi) is 3.78. The third-order valence-corrected chi connectivity index (χ3v) is 4.53. The molecule has 5 nitrogen and oxygen atoms in total. The summed E-state index contributed by atoms with van der Waals surface area (Å²) in [5, 5.41) is 18.2. The van der Waals surface area contributed by atoms with Crippen LogP contribution in [-0.2, 0) is 17.6 Å². The SMILES string of the molecule is N#Cc1cc2c(nc1N1CCC(CC(=O)O)CC1)CCC2. The number of pyridine rings is 1. The lowest BCUT2D eigenvalue weighted by atomic mass is 9.93. The molecule has 110 valence electrons. The van der Waals surface area contributed by atoms with Gasteiger partial charge in [-0.25, -0.2) is 4.98 Å². The van der Waals surface area contributed by atoms with E-state index in [4.69, 9.17) is 10.1 Å². The fourth-order valence-corrected chi connectivity index (χ4v) is 3.38. The third kappa shape index (κ3) is 2.85. The van der Waals surface area contributed by atoms with Gasteiger partial charge in [-0.15, -0.1) is 0 Å². The highest BCUT2D eigenvalue weighted by Gasteiger charge is 2.25. The summed E-state index contributed by atoms with van der Waals surface area (Å²) >= 11 is 0. The number of aliphatic carboxylic acids is 1. The van der Waals surface area contributed by atoms with Crippen molar-refractivity contribution in [2.75, 3.05) is 18.0 Å². The van der Waals surface area contributed by atoms with Gasteiger partial charge in [0, 0.05) is 25.2 Å². The Hall–Kier alpha value is -2.09. The number of nitrogens with zero attached hydrogens (tertiary/aromatic N) is 3. The second-order valence-corrected chi connectivity index (χ2v) is 5.96. The van der Waals surface area contributed by atoms with Gasteiger partial charge in [-0.2, -0.15) is 5.26 Å². The van der Waals surface area contributed by atoms with Crippen molar-refractivity contribution >= 4 is 11.8 Å². The third-order valence-electron chi connectivity index (χ3n) is 4.53. The average Bonchev–Trinajstić information content (AvgIpc) is 2.93. The number of fused-ring (bicyclic) bond motifs is 1. The first kappa shape index (κ1) is 13.9. The van der Waals surface area contributed by atoms with Crippen LogP contribution in [0.25, 0.3) is 0 Å². The molecule has 3 rings (SSSR count). The number of aromatic nitrogens is 1. The molecule has 0 saturated carbocycles. The van der Waals surface area contributed by atoms with E-state index in [1.165, 1.54) is 5.56 Å². The van der Waals surface area contributed by atoms with Crippen LogP contribution in [0.1, 0.15) is 42.5 Å². The van der Waals surface area contributed by atoms with E-state index in [0.29, 0.717) is 5.56 Å². The van der Waals surface area contributed by atoms with Crippen LogP contribution in [-0.4, -0.2) is 29.1 Å². The average molecular weight is 285 g/mol. The summed E-state index contributed by atoms with van der Waals surface area (Å²) in [4.78, 5) is 17.6. The second kappa shape index (κ2) is 5.72. The van der Waals surface area contributed by atoms with Crippen LogP contribution in [0.3, 0.4) is 0 Å². The van der Waals surface area contributed by atoms with E-state index < -0.39 is 5.97 Å². The molecule has 1 N–H and O–H groups in total. The van der Waals surface area contributed by atoms with E-state index in [-0.39, 0.29) is 12.3 Å². The van der Waals surface area contributed by atoms with Crippen LogP contribution in [0.15, 0.2) is 6.07 Å². The summed E-state index contributed by atoms with van der Waals surface area (Å²) in [6, 6.07) is 4.26. The summed E-state index contributed by atoms with van der Waals surface area (Å²) in [7, 11) is 0. The fourth-order valence-electron chi connectivity index (χ4n) is 3.38. The van der Waals surface area contributed by atoms with Gasteiger partial charge < -0.3 is 10.0 Å². The molecule has 0 amide bonds. The molecule has 0 unspecified atom stereocenters. The first-order valence-corrected chi connectivity index (χ1v) is 7.57. The molecule has 5 heteroatoms. The number of anilines is 1. The number of hydrogen-bond acceptors (Lipinski definition) is 4. The predicted molar refractivity (Wildman–Crippen MR) is 78.2 cm³/mol. The smallest absolute Gasteiger partial charge is 0.303 e. The normalized spacial score (nSPS) is 18.3. The highest BCUT2D eigenvalue weighted by Crippen LogP contribution is 2.30. The molecule has 1 aromatic rings. The molecular formula is C16H19N3O2. The number of piperidine rings is 1. The van der Waals surface area contributed by atoms with Crippen LogP contribution < -0.4 is 4.90 Å². The van der Waals surface area contributed by atoms with Gasteiger partial charge in [0.15, 0.2) is 0 Å². The molecule has 1 aliphatic heterocycles. The maximum absolute atomic E-state index is 10.8. The lowest BCUT2D eigenvalue weighted by Gasteiger charge is -2.33. The zero-order valence-electron chi connectivity index (χ0n) is 12.0. The standard InChI is InChI=1S/C16H19N3O2/c17-10-13-9-12-2-1-3-14(12)18-16(13)19-6-4-11(5-7-19)8-15(20)21/h9,11H,1-8H2,(H,20,21). The number of rotatable bonds is 3. The summed E-state index contributed by atoms with van der Waals surface area (Å²) < 4.78 is 0. The molecular weight excluding hydrogens is 266 g/mol. The van der Waals surface area contributed by atoms with Gasteiger partial charge in [-0.3, -0.25) is 4.79 Å². The summed E-state index contributed by atoms with van der Waals surface area (Å²) in [5.74, 6) is 0.326. The first-order valence-electron chi connectivity index (χ1n) is 7.57. The Bertz CT molecular complexity index is 598. The summed E-state index contributed by atoms with van der Waals surface area (Å²) in [6.07, 6.45) is 5.11. The Morgan fingerprint density at radius 1 is 1.43 bits per heavy atom. The Morgan fingerprint density at radius 2 is 2.19 bits per heavy atom. The van der Waals surface area contributed by atoms with Crippen molar-refractivity contribution in [1.82, 2.24) is 4.98 Å². The minimum Gasteiger partial charge on any atom is -0.481 e. The van der Waals surface area contributed by atoms with E-state index in [1.807, 2.05) is 6.07 Å². The van der Waals surface area contributed by atoms with Gasteiger partial charge in [-0.1, -0.05) is 0 Å². The van der Waals surface area contributed by atoms with Gasteiger partial charge in [0.05, 0.1) is 5.56 Å². The quantitative estimate of drug-likeness (QED) is 0.920. The highest BCUT2D eigenvalue weighted by molar-refractivity contribution is 5.67. The zero-order chi connectivity index (χ0) is 14.8. The Morgan fingerprint density at radius 3 is 2.86 bits per heavy atom. The van der Waals surface area contributed by atoms with Crippen molar-refractivity contribution in [3.63, 3.8) is 0 Å². The number of carboxylic acids is 1. The van der Waals surface area contributed by atoms with Gasteiger partial charge in [0.25, 0.3) is 0 Å². The largest absolute Gasteiger partial charge is 0.481 e. The molecule has 0 radical (unpaired) electrons. The molecule has 1 aromatic heterocycles. The monoisotopic (exact) mass is 285 g/mol. The topological polar surface area (TPSA) is 77.2 Å². The molecule has 1 saturated heterocycles. The van der Waals surface area contributed by atoms with Crippen molar-refractivity contribution < 1.29 is 9.90 Å². The van der Waals surface area contributed by atoms with Crippen molar-refractivity contribution in [1.29, 1.82) is 5.26 Å². The molecule has 21 heavy (non-hydrogen) atoms. The molecule has 0 bridgehead atoms. The van der Waals surface area contributed by atoms with Gasteiger partial charge in [-0.05, 0) is 49.7 Å². The highest BCUT2D eigenvalue weighted by atomic mass is 16.4. The van der Waals surface area contributed by atoms with Crippen molar-refractivity contribution in [3.8, 4) is 6.07 Å². The lowest BCUT2D eigenvalue weighted by Crippen LogP contribution is -2.35. The van der Waals surface area contributed by atoms with Crippen molar-refractivity contribution in [2.24, 2.45) is 5.92 Å². The van der Waals surface area contributed by atoms with E-state index in [9.17, 15) is 10.1 Å². The van der Waals surface area contributed by atoms with Gasteiger partial charge in [0.1, 0.15) is 11.9 Å². The van der Waals surface area contributed by atoms with Gasteiger partial charge in [0.2, 0.25) is 0 Å². The van der Waals surface area contributed by atoms with Crippen LogP contribution in [0.5, 0.6) is 0 Å². The molecule has 1 aliphatic carbocycles. The van der Waals surface area contributed by atoms with Crippen molar-refractivity contribution in [2.45, 2.75) is 38.5 Å². The first-order chi connectivity index (χ1) is 10.2. The molecule has 0 spiro atoms. The van der Waals surface area contributed by atoms with E-state index in [1.54, 1.807) is 0 Å². The maximum Gasteiger partial charge on any atom is 0.303 e. The number of hydrogen-bond donors (Lipinski definition) is 1. The van der Waals surface area contributed by atoms with Crippen molar-refractivity contribution in [3.05, 3.63) is 22.9 Å². The number of nitriles is 1. The number of aryl methyl sites for hydroxylation is 2. The Balaban J connectivity index is 1.76. The predicted octanol–water partition coefficient (Wildman–Crippen LogP) is 2.13.